The van der Waals surface area contributed by atoms with Crippen LogP contribution in [0.4, 0.5) is 0 Å². The highest BCUT2D eigenvalue weighted by Crippen LogP contribution is 2.35. The highest BCUT2D eigenvalue weighted by molar-refractivity contribution is 7.89. The first kappa shape index (κ1) is 19.1. The summed E-state index contributed by atoms with van der Waals surface area (Å²) in [6.07, 6.45) is 4.66. The Morgan fingerprint density at radius 2 is 1.57 bits per heavy atom. The van der Waals surface area contributed by atoms with Crippen molar-refractivity contribution in [3.05, 3.63) is 78.5 Å². The predicted molar refractivity (Wildman–Crippen MR) is 109 cm³/mol. The van der Waals surface area contributed by atoms with Crippen LogP contribution in [0.2, 0.25) is 0 Å². The van der Waals surface area contributed by atoms with E-state index in [0.717, 1.165) is 5.69 Å². The van der Waals surface area contributed by atoms with E-state index < -0.39 is 10.0 Å². The number of hydrogen-bond acceptors (Lipinski definition) is 7. The molecule has 154 valence electrons. The van der Waals surface area contributed by atoms with Crippen molar-refractivity contribution in [3.63, 3.8) is 0 Å². The molecule has 3 aromatic rings. The molecule has 5 heterocycles. The van der Waals surface area contributed by atoms with Gasteiger partial charge in [0.15, 0.2) is 0 Å². The second-order valence-electron chi connectivity index (χ2n) is 7.42. The van der Waals surface area contributed by atoms with Crippen LogP contribution in [0.3, 0.4) is 0 Å². The Kier molecular flexibility index (Phi) is 4.93. The zero-order valence-corrected chi connectivity index (χ0v) is 17.0. The normalized spacial score (nSPS) is 23.2. The Morgan fingerprint density at radius 3 is 2.27 bits per heavy atom. The van der Waals surface area contributed by atoms with Crippen molar-refractivity contribution >= 4 is 10.0 Å². The number of fused-ring (bicyclic) bond motifs is 2. The largest absolute Gasteiger partial charge is 0.470 e. The Hall–Kier alpha value is -2.88. The average molecular weight is 423 g/mol. The van der Waals surface area contributed by atoms with Gasteiger partial charge in [0.05, 0.1) is 24.0 Å². The molecule has 0 saturated carbocycles. The molecule has 1 fully saturated rings. The molecule has 1 saturated heterocycles. The van der Waals surface area contributed by atoms with E-state index in [1.807, 2.05) is 36.4 Å². The van der Waals surface area contributed by atoms with Crippen LogP contribution in [0.25, 0.3) is 0 Å². The van der Waals surface area contributed by atoms with E-state index in [1.165, 1.54) is 4.31 Å². The molecule has 0 amide bonds. The third kappa shape index (κ3) is 3.55. The number of ether oxygens (including phenoxy) is 1. The van der Waals surface area contributed by atoms with Gasteiger partial charge in [0, 0.05) is 38.2 Å². The minimum Gasteiger partial charge on any atom is -0.470 e. The maximum Gasteiger partial charge on any atom is 0.249 e. The van der Waals surface area contributed by atoms with Crippen LogP contribution in [-0.4, -0.2) is 57.8 Å². The first-order valence-electron chi connectivity index (χ1n) is 9.77. The molecule has 9 heteroatoms. The second-order valence-corrected chi connectivity index (χ2v) is 9.28. The minimum atomic E-state index is -3.80. The summed E-state index contributed by atoms with van der Waals surface area (Å²) in [4.78, 5) is 15.2. The maximum absolute atomic E-state index is 13.6. The van der Waals surface area contributed by atoms with Gasteiger partial charge < -0.3 is 4.74 Å². The van der Waals surface area contributed by atoms with Gasteiger partial charge in [-0.3, -0.25) is 14.9 Å². The van der Waals surface area contributed by atoms with E-state index >= 15 is 0 Å². The fraction of sp³-hybridized carbons (Fsp3) is 0.286. The smallest absolute Gasteiger partial charge is 0.249 e. The Morgan fingerprint density at radius 1 is 0.867 bits per heavy atom. The number of sulfonamides is 1. The highest BCUT2D eigenvalue weighted by atomic mass is 32.2. The maximum atomic E-state index is 13.6. The molecule has 2 atom stereocenters. The number of nitrogens with zero attached hydrogens (tertiary/aromatic N) is 5. The van der Waals surface area contributed by atoms with Crippen LogP contribution < -0.4 is 4.74 Å². The number of likely N-dealkylation sites (tertiary alicyclic amines) is 1. The summed E-state index contributed by atoms with van der Waals surface area (Å²) < 4.78 is 34.8. The van der Waals surface area contributed by atoms with Crippen LogP contribution in [-0.2, 0) is 23.1 Å². The summed E-state index contributed by atoms with van der Waals surface area (Å²) in [5.41, 5.74) is 1.63. The Balaban J connectivity index is 1.51. The van der Waals surface area contributed by atoms with Crippen molar-refractivity contribution in [2.45, 2.75) is 30.1 Å². The molecular weight excluding hydrogens is 402 g/mol. The molecule has 2 aliphatic rings. The van der Waals surface area contributed by atoms with E-state index in [2.05, 4.69) is 19.9 Å². The fourth-order valence-corrected chi connectivity index (χ4v) is 5.72. The SMILES string of the molecule is O=S1(=O)c2cccnc2O[C@@H]2CN(Cc3ccccn3)C[C@H]2N1Cc1ccccn1. The molecule has 2 aliphatic heterocycles. The van der Waals surface area contributed by atoms with Crippen LogP contribution >= 0.6 is 0 Å². The van der Waals surface area contributed by atoms with E-state index in [1.54, 1.807) is 30.7 Å². The van der Waals surface area contributed by atoms with Gasteiger partial charge in [0.2, 0.25) is 15.9 Å². The van der Waals surface area contributed by atoms with E-state index in [9.17, 15) is 8.42 Å². The molecule has 5 rings (SSSR count). The fourth-order valence-electron chi connectivity index (χ4n) is 4.04. The second kappa shape index (κ2) is 7.75. The summed E-state index contributed by atoms with van der Waals surface area (Å²) in [5, 5.41) is 0. The van der Waals surface area contributed by atoms with Crippen molar-refractivity contribution in [1.29, 1.82) is 0 Å². The summed E-state index contributed by atoms with van der Waals surface area (Å²) in [6, 6.07) is 14.1. The van der Waals surface area contributed by atoms with Gasteiger partial charge in [0.1, 0.15) is 11.0 Å². The van der Waals surface area contributed by atoms with E-state index in [4.69, 9.17) is 4.74 Å². The molecule has 0 N–H and O–H groups in total. The first-order chi connectivity index (χ1) is 14.6. The lowest BCUT2D eigenvalue weighted by Gasteiger charge is -2.27. The van der Waals surface area contributed by atoms with Crippen molar-refractivity contribution in [1.82, 2.24) is 24.2 Å². The Bertz CT molecular complexity index is 1130. The van der Waals surface area contributed by atoms with Gasteiger partial charge >= 0.3 is 0 Å². The molecular formula is C21H21N5O3S. The molecule has 8 nitrogen and oxygen atoms in total. The molecule has 0 radical (unpaired) electrons. The number of hydrogen-bond donors (Lipinski definition) is 0. The van der Waals surface area contributed by atoms with Crippen molar-refractivity contribution in [2.24, 2.45) is 0 Å². The lowest BCUT2D eigenvalue weighted by Crippen LogP contribution is -2.46. The minimum absolute atomic E-state index is 0.103. The summed E-state index contributed by atoms with van der Waals surface area (Å²) in [7, 11) is -3.80. The zero-order chi connectivity index (χ0) is 20.6. The molecule has 0 aromatic carbocycles. The molecule has 0 aliphatic carbocycles. The third-order valence-electron chi connectivity index (χ3n) is 5.42. The van der Waals surface area contributed by atoms with Gasteiger partial charge in [-0.05, 0) is 36.4 Å². The van der Waals surface area contributed by atoms with Gasteiger partial charge in [0.25, 0.3) is 0 Å². The van der Waals surface area contributed by atoms with Gasteiger partial charge in [-0.25, -0.2) is 13.4 Å². The van der Waals surface area contributed by atoms with Crippen LogP contribution in [0.15, 0.2) is 72.0 Å². The van der Waals surface area contributed by atoms with Gasteiger partial charge in [-0.2, -0.15) is 4.31 Å². The third-order valence-corrected chi connectivity index (χ3v) is 7.31. The van der Waals surface area contributed by atoms with Crippen LogP contribution in [0.5, 0.6) is 5.88 Å². The average Bonchev–Trinajstić information content (AvgIpc) is 3.11. The summed E-state index contributed by atoms with van der Waals surface area (Å²) in [6.45, 7) is 1.94. The molecule has 0 bridgehead atoms. The van der Waals surface area contributed by atoms with E-state index in [-0.39, 0.29) is 29.5 Å². The predicted octanol–water partition coefficient (Wildman–Crippen LogP) is 1.71. The summed E-state index contributed by atoms with van der Waals surface area (Å²) >= 11 is 0. The number of aromatic nitrogens is 3. The molecule has 3 aromatic heterocycles. The van der Waals surface area contributed by atoms with Crippen molar-refractivity contribution < 1.29 is 13.2 Å². The highest BCUT2D eigenvalue weighted by Gasteiger charge is 2.47. The first-order valence-corrected chi connectivity index (χ1v) is 11.2. The monoisotopic (exact) mass is 423 g/mol. The van der Waals surface area contributed by atoms with Gasteiger partial charge in [-0.15, -0.1) is 0 Å². The summed E-state index contributed by atoms with van der Waals surface area (Å²) in [5.74, 6) is 0.163. The van der Waals surface area contributed by atoms with Crippen LogP contribution in [0.1, 0.15) is 11.4 Å². The van der Waals surface area contributed by atoms with E-state index in [0.29, 0.717) is 25.3 Å². The van der Waals surface area contributed by atoms with Crippen LogP contribution in [0, 0.1) is 0 Å². The standard InChI is InChI=1S/C21H21N5O3S/c27-30(28)20-8-5-11-24-21(20)29-19-15-25(12-16-6-1-3-9-22-16)14-18(19)26(30)13-17-7-2-4-10-23-17/h1-11,18-19H,12-15H2/t18-,19-/m1/s1. The van der Waals surface area contributed by atoms with Crippen molar-refractivity contribution in [2.75, 3.05) is 13.1 Å². The number of rotatable bonds is 4. The molecule has 30 heavy (non-hydrogen) atoms. The van der Waals surface area contributed by atoms with Gasteiger partial charge in [-0.1, -0.05) is 12.1 Å². The zero-order valence-electron chi connectivity index (χ0n) is 16.2. The quantitative estimate of drug-likeness (QED) is 0.631. The molecule has 0 unspecified atom stereocenters. The topological polar surface area (TPSA) is 88.5 Å². The molecule has 0 spiro atoms. The Labute approximate surface area is 175 Å². The lowest BCUT2D eigenvalue weighted by molar-refractivity contribution is 0.143. The number of pyridine rings is 3. The van der Waals surface area contributed by atoms with Crippen molar-refractivity contribution in [3.8, 4) is 5.88 Å². The lowest BCUT2D eigenvalue weighted by atomic mass is 10.2.